The fraction of sp³-hybridized carbons (Fsp3) is 0. The van der Waals surface area contributed by atoms with Crippen molar-refractivity contribution in [1.29, 1.82) is 0 Å². The number of para-hydroxylation sites is 3. The summed E-state index contributed by atoms with van der Waals surface area (Å²) in [4.78, 5) is 2.29. The fourth-order valence-corrected chi connectivity index (χ4v) is 8.79. The van der Waals surface area contributed by atoms with Crippen LogP contribution < -0.4 is 4.90 Å². The van der Waals surface area contributed by atoms with E-state index < -0.39 is 0 Å². The van der Waals surface area contributed by atoms with Gasteiger partial charge in [0.2, 0.25) is 0 Å². The molecule has 51 heavy (non-hydrogen) atoms. The smallest absolute Gasteiger partial charge is 0.0640 e. The molecule has 10 rings (SSSR count). The van der Waals surface area contributed by atoms with Gasteiger partial charge in [-0.15, -0.1) is 11.3 Å². The molecule has 0 aliphatic rings. The van der Waals surface area contributed by atoms with Crippen molar-refractivity contribution in [3.8, 4) is 27.9 Å². The molecule has 2 heterocycles. The molecule has 0 unspecified atom stereocenters. The summed E-state index contributed by atoms with van der Waals surface area (Å²) in [6.45, 7) is 0. The number of anilines is 3. The zero-order valence-corrected chi connectivity index (χ0v) is 28.6. The van der Waals surface area contributed by atoms with E-state index in [-0.39, 0.29) is 0 Å². The first-order valence-electron chi connectivity index (χ1n) is 17.4. The summed E-state index contributed by atoms with van der Waals surface area (Å²) >= 11 is 1.88. The minimum absolute atomic E-state index is 1.13. The molecule has 0 spiro atoms. The highest BCUT2D eigenvalue weighted by molar-refractivity contribution is 7.26. The Labute approximate surface area is 300 Å². The molecule has 0 aliphatic carbocycles. The van der Waals surface area contributed by atoms with Crippen molar-refractivity contribution in [1.82, 2.24) is 4.57 Å². The SMILES string of the molecule is c1ccc(N(c2ccccc2)c2ccc(-c3ccc(-c4ccc5c(c4)c4ccccc4n5-c4cccc5c4sc4ccccc45)cc3)cc2)cc1. The van der Waals surface area contributed by atoms with Crippen LogP contribution in [0.15, 0.2) is 194 Å². The normalized spacial score (nSPS) is 11.5. The molecule has 0 N–H and O–H groups in total. The van der Waals surface area contributed by atoms with Crippen molar-refractivity contribution in [3.05, 3.63) is 194 Å². The Morgan fingerprint density at radius 3 is 1.57 bits per heavy atom. The zero-order chi connectivity index (χ0) is 33.7. The monoisotopic (exact) mass is 668 g/mol. The minimum Gasteiger partial charge on any atom is -0.311 e. The molecule has 8 aromatic carbocycles. The van der Waals surface area contributed by atoms with Gasteiger partial charge in [-0.05, 0) is 89.0 Å². The molecule has 0 saturated carbocycles. The molecular weight excluding hydrogens is 637 g/mol. The van der Waals surface area contributed by atoms with E-state index in [2.05, 4.69) is 204 Å². The fourth-order valence-electron chi connectivity index (χ4n) is 7.58. The van der Waals surface area contributed by atoms with Gasteiger partial charge in [0, 0.05) is 43.3 Å². The summed E-state index contributed by atoms with van der Waals surface area (Å²) in [5.41, 5.74) is 11.9. The first-order chi connectivity index (χ1) is 25.3. The van der Waals surface area contributed by atoms with E-state index in [1.54, 1.807) is 0 Å². The maximum atomic E-state index is 2.45. The number of aromatic nitrogens is 1. The Morgan fingerprint density at radius 2 is 0.863 bits per heavy atom. The average molecular weight is 669 g/mol. The van der Waals surface area contributed by atoms with Crippen molar-refractivity contribution in [2.75, 3.05) is 4.90 Å². The lowest BCUT2D eigenvalue weighted by Gasteiger charge is -2.25. The van der Waals surface area contributed by atoms with Crippen LogP contribution in [-0.2, 0) is 0 Å². The molecule has 0 aliphatic heterocycles. The molecule has 0 amide bonds. The Kier molecular flexibility index (Phi) is 7.04. The first-order valence-corrected chi connectivity index (χ1v) is 18.2. The number of nitrogens with zero attached hydrogens (tertiary/aromatic N) is 2. The molecule has 10 aromatic rings. The van der Waals surface area contributed by atoms with Gasteiger partial charge in [-0.2, -0.15) is 0 Å². The summed E-state index contributed by atoms with van der Waals surface area (Å²) in [5.74, 6) is 0. The molecule has 3 heteroatoms. The van der Waals surface area contributed by atoms with Crippen molar-refractivity contribution < 1.29 is 0 Å². The maximum absolute atomic E-state index is 2.45. The Hall–Kier alpha value is -6.42. The average Bonchev–Trinajstić information content (AvgIpc) is 3.75. The van der Waals surface area contributed by atoms with Crippen LogP contribution in [0.3, 0.4) is 0 Å². The Balaban J connectivity index is 1.00. The number of fused-ring (bicyclic) bond motifs is 6. The molecule has 0 radical (unpaired) electrons. The third-order valence-corrected chi connectivity index (χ3v) is 11.2. The Morgan fingerprint density at radius 1 is 0.353 bits per heavy atom. The second kappa shape index (κ2) is 12.2. The predicted octanol–water partition coefficient (Wildman–Crippen LogP) is 14.0. The van der Waals surface area contributed by atoms with Crippen molar-refractivity contribution in [2.45, 2.75) is 0 Å². The van der Waals surface area contributed by atoms with Crippen LogP contribution in [0.1, 0.15) is 0 Å². The Bertz CT molecular complexity index is 2790. The second-order valence-electron chi connectivity index (χ2n) is 13.0. The van der Waals surface area contributed by atoms with Gasteiger partial charge in [0.25, 0.3) is 0 Å². The van der Waals surface area contributed by atoms with E-state index in [4.69, 9.17) is 0 Å². The van der Waals surface area contributed by atoms with Gasteiger partial charge in [-0.1, -0.05) is 127 Å². The molecule has 0 saturated heterocycles. The van der Waals surface area contributed by atoms with E-state index >= 15 is 0 Å². The molecular formula is C48H32N2S. The molecule has 2 nitrogen and oxygen atoms in total. The van der Waals surface area contributed by atoms with Gasteiger partial charge < -0.3 is 9.47 Å². The summed E-state index contributed by atoms with van der Waals surface area (Å²) in [5, 5.41) is 5.17. The molecule has 240 valence electrons. The zero-order valence-electron chi connectivity index (χ0n) is 27.8. The number of hydrogen-bond acceptors (Lipinski definition) is 2. The lowest BCUT2D eigenvalue weighted by Crippen LogP contribution is -2.09. The van der Waals surface area contributed by atoms with E-state index in [1.807, 2.05) is 11.3 Å². The van der Waals surface area contributed by atoms with Gasteiger partial charge in [0.1, 0.15) is 0 Å². The van der Waals surface area contributed by atoms with Crippen LogP contribution in [0.2, 0.25) is 0 Å². The topological polar surface area (TPSA) is 8.17 Å². The molecule has 0 fully saturated rings. The highest BCUT2D eigenvalue weighted by Gasteiger charge is 2.17. The van der Waals surface area contributed by atoms with E-state index in [9.17, 15) is 0 Å². The standard InChI is InChI=1S/C48H32N2S/c1-3-12-37(13-4-1)49(38-14-5-2-6-15-38)39-29-26-34(27-30-39)33-22-24-35(25-23-33)36-28-31-45-43(32-36)40-16-7-9-19-44(40)50(45)46-20-11-18-42-41-17-8-10-21-47(41)51-48(42)46/h1-32H. The van der Waals surface area contributed by atoms with E-state index in [0.717, 1.165) is 17.1 Å². The van der Waals surface area contributed by atoms with Crippen LogP contribution >= 0.6 is 11.3 Å². The van der Waals surface area contributed by atoms with Crippen LogP contribution in [0.5, 0.6) is 0 Å². The number of rotatable bonds is 6. The van der Waals surface area contributed by atoms with Crippen molar-refractivity contribution in [2.24, 2.45) is 0 Å². The number of hydrogen-bond donors (Lipinski definition) is 0. The summed E-state index contributed by atoms with van der Waals surface area (Å²) in [6, 6.07) is 70.1. The van der Waals surface area contributed by atoms with Crippen molar-refractivity contribution in [3.63, 3.8) is 0 Å². The quantitative estimate of drug-likeness (QED) is 0.171. The van der Waals surface area contributed by atoms with Gasteiger partial charge in [0.15, 0.2) is 0 Å². The lowest BCUT2D eigenvalue weighted by molar-refractivity contribution is 1.20. The summed E-state index contributed by atoms with van der Waals surface area (Å²) < 4.78 is 5.10. The third kappa shape index (κ3) is 5.01. The van der Waals surface area contributed by atoms with Gasteiger partial charge in [-0.3, -0.25) is 0 Å². The third-order valence-electron chi connectivity index (χ3n) is 10.0. The molecule has 2 aromatic heterocycles. The number of thiophene rings is 1. The van der Waals surface area contributed by atoms with Gasteiger partial charge in [0.05, 0.1) is 21.4 Å². The maximum Gasteiger partial charge on any atom is 0.0640 e. The summed E-state index contributed by atoms with van der Waals surface area (Å²) in [7, 11) is 0. The lowest BCUT2D eigenvalue weighted by atomic mass is 9.99. The van der Waals surface area contributed by atoms with E-state index in [1.165, 1.54) is 69.9 Å². The van der Waals surface area contributed by atoms with Crippen LogP contribution in [-0.4, -0.2) is 4.57 Å². The highest BCUT2D eigenvalue weighted by atomic mass is 32.1. The van der Waals surface area contributed by atoms with Gasteiger partial charge >= 0.3 is 0 Å². The summed E-state index contributed by atoms with van der Waals surface area (Å²) in [6.07, 6.45) is 0. The minimum atomic E-state index is 1.13. The molecule has 0 bridgehead atoms. The van der Waals surface area contributed by atoms with Crippen LogP contribution in [0.4, 0.5) is 17.1 Å². The number of benzene rings is 8. The molecule has 0 atom stereocenters. The van der Waals surface area contributed by atoms with Gasteiger partial charge in [-0.25, -0.2) is 0 Å². The van der Waals surface area contributed by atoms with Crippen LogP contribution in [0, 0.1) is 0 Å². The second-order valence-corrected chi connectivity index (χ2v) is 14.0. The first kappa shape index (κ1) is 29.5. The largest absolute Gasteiger partial charge is 0.311 e. The highest BCUT2D eigenvalue weighted by Crippen LogP contribution is 2.42. The van der Waals surface area contributed by atoms with E-state index in [0.29, 0.717) is 0 Å². The van der Waals surface area contributed by atoms with Crippen LogP contribution in [0.25, 0.3) is 69.9 Å². The van der Waals surface area contributed by atoms with Crippen molar-refractivity contribution >= 4 is 70.4 Å². The predicted molar refractivity (Wildman–Crippen MR) is 219 cm³/mol.